The fraction of sp³-hybridized carbons (Fsp3) is 0.900. The zero-order valence-corrected chi connectivity index (χ0v) is 16.8. The molecule has 0 bridgehead atoms. The van der Waals surface area contributed by atoms with Gasteiger partial charge in [0, 0.05) is 6.42 Å². The van der Waals surface area contributed by atoms with E-state index in [0.717, 1.165) is 19.3 Å². The van der Waals surface area contributed by atoms with Crippen LogP contribution in [0.4, 0.5) is 4.79 Å². The number of esters is 1. The van der Waals surface area contributed by atoms with Crippen LogP contribution in [0.25, 0.3) is 0 Å². The maximum atomic E-state index is 12.3. The van der Waals surface area contributed by atoms with E-state index < -0.39 is 29.3 Å². The molecule has 1 aliphatic carbocycles. The van der Waals surface area contributed by atoms with Crippen LogP contribution in [-0.2, 0) is 14.3 Å². The molecule has 3 atom stereocenters. The third-order valence-corrected chi connectivity index (χ3v) is 5.34. The molecular weight excluding hydrogens is 334 g/mol. The van der Waals surface area contributed by atoms with Gasteiger partial charge in [0.05, 0.1) is 17.6 Å². The van der Waals surface area contributed by atoms with E-state index in [0.29, 0.717) is 12.3 Å². The van der Waals surface area contributed by atoms with E-state index in [1.807, 2.05) is 20.8 Å². The predicted octanol–water partition coefficient (Wildman–Crippen LogP) is 3.55. The Hall–Kier alpha value is -1.30. The molecule has 1 amide bonds. The zero-order valence-electron chi connectivity index (χ0n) is 16.8. The van der Waals surface area contributed by atoms with Crippen LogP contribution in [0.15, 0.2) is 0 Å². The van der Waals surface area contributed by atoms with Crippen LogP contribution in [-0.4, -0.2) is 40.5 Å². The first-order valence-electron chi connectivity index (χ1n) is 9.88. The van der Waals surface area contributed by atoms with E-state index in [4.69, 9.17) is 9.47 Å². The fourth-order valence-corrected chi connectivity index (χ4v) is 3.98. The SMILES string of the molecule is CC(C)(C)OC(=O)N[C@@H](CC1CCCCC1)[C@@H]1C[C@H](C(C)(C)O)C(=O)O1. The van der Waals surface area contributed by atoms with E-state index >= 15 is 0 Å². The molecule has 2 N–H and O–H groups in total. The second-order valence-electron chi connectivity index (χ2n) is 9.41. The minimum Gasteiger partial charge on any atom is -0.460 e. The van der Waals surface area contributed by atoms with Gasteiger partial charge in [-0.25, -0.2) is 4.79 Å². The summed E-state index contributed by atoms with van der Waals surface area (Å²) in [4.78, 5) is 24.5. The molecule has 1 aliphatic heterocycles. The molecule has 0 aromatic carbocycles. The van der Waals surface area contributed by atoms with Crippen molar-refractivity contribution < 1.29 is 24.2 Å². The van der Waals surface area contributed by atoms with Crippen molar-refractivity contribution in [2.75, 3.05) is 0 Å². The highest BCUT2D eigenvalue weighted by Crippen LogP contribution is 2.35. The summed E-state index contributed by atoms with van der Waals surface area (Å²) in [6.45, 7) is 8.71. The van der Waals surface area contributed by atoms with Gasteiger partial charge >= 0.3 is 12.1 Å². The molecule has 1 saturated carbocycles. The van der Waals surface area contributed by atoms with Crippen molar-refractivity contribution in [2.45, 2.75) is 103 Å². The van der Waals surface area contributed by atoms with Gasteiger partial charge in [-0.05, 0) is 47.0 Å². The molecule has 0 unspecified atom stereocenters. The van der Waals surface area contributed by atoms with Crippen LogP contribution in [0.3, 0.4) is 0 Å². The number of carbonyl (C=O) groups is 2. The second kappa shape index (κ2) is 8.15. The molecule has 6 heteroatoms. The lowest BCUT2D eigenvalue weighted by atomic mass is 9.81. The van der Waals surface area contributed by atoms with Crippen LogP contribution in [0.1, 0.15) is 79.6 Å². The average Bonchev–Trinajstić information content (AvgIpc) is 2.88. The van der Waals surface area contributed by atoms with Crippen molar-refractivity contribution >= 4 is 12.1 Å². The molecule has 1 heterocycles. The van der Waals surface area contributed by atoms with Gasteiger partial charge in [-0.15, -0.1) is 0 Å². The third kappa shape index (κ3) is 6.15. The molecule has 0 radical (unpaired) electrons. The molecule has 150 valence electrons. The van der Waals surface area contributed by atoms with Gasteiger partial charge in [-0.1, -0.05) is 32.1 Å². The van der Waals surface area contributed by atoms with Gasteiger partial charge in [-0.3, -0.25) is 4.79 Å². The number of aliphatic hydroxyl groups is 1. The molecule has 26 heavy (non-hydrogen) atoms. The quantitative estimate of drug-likeness (QED) is 0.724. The summed E-state index contributed by atoms with van der Waals surface area (Å²) in [6, 6.07) is -0.288. The Morgan fingerprint density at radius 3 is 2.35 bits per heavy atom. The van der Waals surface area contributed by atoms with E-state index in [-0.39, 0.29) is 12.0 Å². The van der Waals surface area contributed by atoms with Crippen molar-refractivity contribution in [3.05, 3.63) is 0 Å². The lowest BCUT2D eigenvalue weighted by Crippen LogP contribution is -2.46. The standard InChI is InChI=1S/C20H35NO5/c1-19(2,3)26-18(23)21-15(11-13-9-7-6-8-10-13)16-12-14(17(22)25-16)20(4,5)24/h13-16,24H,6-12H2,1-5H3,(H,21,23)/t14-,15-,16-/m0/s1. The number of cyclic esters (lactones) is 1. The number of alkyl carbamates (subject to hydrolysis) is 1. The minimum atomic E-state index is -1.13. The summed E-state index contributed by atoms with van der Waals surface area (Å²) in [5, 5.41) is 13.2. The number of amides is 1. The van der Waals surface area contributed by atoms with E-state index in [1.165, 1.54) is 19.3 Å². The van der Waals surface area contributed by atoms with Gasteiger partial charge in [0.2, 0.25) is 0 Å². The summed E-state index contributed by atoms with van der Waals surface area (Å²) in [5.41, 5.74) is -1.71. The molecule has 0 spiro atoms. The van der Waals surface area contributed by atoms with E-state index in [2.05, 4.69) is 5.32 Å². The normalized spacial score (nSPS) is 26.3. The highest BCUT2D eigenvalue weighted by Gasteiger charge is 2.46. The van der Waals surface area contributed by atoms with Gasteiger partial charge in [0.1, 0.15) is 11.7 Å². The van der Waals surface area contributed by atoms with Crippen LogP contribution in [0, 0.1) is 11.8 Å². The maximum absolute atomic E-state index is 12.3. The number of hydrogen-bond acceptors (Lipinski definition) is 5. The van der Waals surface area contributed by atoms with Crippen LogP contribution in [0.2, 0.25) is 0 Å². The van der Waals surface area contributed by atoms with E-state index in [9.17, 15) is 14.7 Å². The number of hydrogen-bond donors (Lipinski definition) is 2. The molecule has 2 rings (SSSR count). The zero-order chi connectivity index (χ0) is 19.5. The van der Waals surface area contributed by atoms with Gasteiger partial charge < -0.3 is 19.9 Å². The Labute approximate surface area is 157 Å². The molecule has 6 nitrogen and oxygen atoms in total. The number of ether oxygens (including phenoxy) is 2. The summed E-state index contributed by atoms with van der Waals surface area (Å²) in [5.74, 6) is -0.437. The third-order valence-electron chi connectivity index (χ3n) is 5.34. The lowest BCUT2D eigenvalue weighted by Gasteiger charge is -2.31. The van der Waals surface area contributed by atoms with Crippen LogP contribution >= 0.6 is 0 Å². The Bertz CT molecular complexity index is 499. The second-order valence-corrected chi connectivity index (χ2v) is 9.41. The molecule has 2 fully saturated rings. The highest BCUT2D eigenvalue weighted by molar-refractivity contribution is 5.76. The monoisotopic (exact) mass is 369 g/mol. The Kier molecular flexibility index (Phi) is 6.59. The fourth-order valence-electron chi connectivity index (χ4n) is 3.98. The van der Waals surface area contributed by atoms with Gasteiger partial charge in [0.15, 0.2) is 0 Å². The van der Waals surface area contributed by atoms with Crippen molar-refractivity contribution in [3.63, 3.8) is 0 Å². The summed E-state index contributed by atoms with van der Waals surface area (Å²) < 4.78 is 11.0. The van der Waals surface area contributed by atoms with Crippen LogP contribution in [0.5, 0.6) is 0 Å². The van der Waals surface area contributed by atoms with Crippen LogP contribution < -0.4 is 5.32 Å². The highest BCUT2D eigenvalue weighted by atomic mass is 16.6. The topological polar surface area (TPSA) is 84.9 Å². The first-order valence-corrected chi connectivity index (χ1v) is 9.88. The summed E-state index contributed by atoms with van der Waals surface area (Å²) in [6.07, 6.45) is 6.24. The van der Waals surface area contributed by atoms with Crippen molar-refractivity contribution in [3.8, 4) is 0 Å². The number of carbonyl (C=O) groups excluding carboxylic acids is 2. The summed E-state index contributed by atoms with van der Waals surface area (Å²) >= 11 is 0. The molecule has 0 aromatic heterocycles. The van der Waals surface area contributed by atoms with Crippen molar-refractivity contribution in [1.29, 1.82) is 0 Å². The summed E-state index contributed by atoms with van der Waals surface area (Å²) in [7, 11) is 0. The largest absolute Gasteiger partial charge is 0.460 e. The molecular formula is C20H35NO5. The lowest BCUT2D eigenvalue weighted by molar-refractivity contribution is -0.150. The first-order chi connectivity index (χ1) is 12.0. The number of rotatable bonds is 5. The van der Waals surface area contributed by atoms with Gasteiger partial charge in [0.25, 0.3) is 0 Å². The smallest absolute Gasteiger partial charge is 0.408 e. The Balaban J connectivity index is 2.07. The average molecular weight is 370 g/mol. The molecule has 0 aromatic rings. The number of nitrogens with one attached hydrogen (secondary N) is 1. The Morgan fingerprint density at radius 1 is 1.23 bits per heavy atom. The van der Waals surface area contributed by atoms with Gasteiger partial charge in [-0.2, -0.15) is 0 Å². The van der Waals surface area contributed by atoms with Crippen molar-refractivity contribution in [1.82, 2.24) is 5.32 Å². The van der Waals surface area contributed by atoms with Crippen molar-refractivity contribution in [2.24, 2.45) is 11.8 Å². The molecule has 1 saturated heterocycles. The first kappa shape index (κ1) is 21.0. The maximum Gasteiger partial charge on any atom is 0.408 e. The molecule has 2 aliphatic rings. The minimum absolute atomic E-state index is 0.288. The predicted molar refractivity (Wildman–Crippen MR) is 98.6 cm³/mol. The van der Waals surface area contributed by atoms with E-state index in [1.54, 1.807) is 13.8 Å². The Morgan fingerprint density at radius 2 is 1.85 bits per heavy atom.